The number of rotatable bonds is 13. The molecule has 1 atom stereocenters. The molecule has 2 aromatic carbocycles. The fourth-order valence-electron chi connectivity index (χ4n) is 4.14. The van der Waals surface area contributed by atoms with Gasteiger partial charge in [0.2, 0.25) is 0 Å². The number of fused-ring (bicyclic) bond motifs is 1. The molecule has 1 heterocycles. The average Bonchev–Trinajstić information content (AvgIpc) is 2.80. The van der Waals surface area contributed by atoms with Gasteiger partial charge in [-0.3, -0.25) is 9.59 Å². The number of benzene rings is 2. The molecule has 0 saturated carbocycles. The molecule has 7 nitrogen and oxygen atoms in total. The topological polar surface area (TPSA) is 102 Å². The number of carboxylic acids is 1. The lowest BCUT2D eigenvalue weighted by molar-refractivity contribution is -0.137. The Kier molecular flexibility index (Phi) is 9.19. The molecule has 0 aliphatic carbocycles. The van der Waals surface area contributed by atoms with Crippen molar-refractivity contribution in [1.29, 1.82) is 0 Å². The first-order valence-electron chi connectivity index (χ1n) is 12.0. The summed E-state index contributed by atoms with van der Waals surface area (Å²) in [6.45, 7) is 4.33. The van der Waals surface area contributed by atoms with E-state index in [4.69, 9.17) is 19.3 Å². The van der Waals surface area contributed by atoms with Crippen LogP contribution in [0, 0.1) is 0 Å². The van der Waals surface area contributed by atoms with Gasteiger partial charge < -0.3 is 24.4 Å². The summed E-state index contributed by atoms with van der Waals surface area (Å²) in [6, 6.07) is 9.20. The van der Waals surface area contributed by atoms with Crippen molar-refractivity contribution >= 4 is 11.8 Å². The third-order valence-electron chi connectivity index (χ3n) is 5.92. The van der Waals surface area contributed by atoms with Gasteiger partial charge in [-0.15, -0.1) is 0 Å². The molecule has 0 fully saturated rings. The van der Waals surface area contributed by atoms with Crippen LogP contribution in [-0.2, 0) is 17.6 Å². The number of hydrogen-bond donors (Lipinski definition) is 2. The Balaban J connectivity index is 1.48. The summed E-state index contributed by atoms with van der Waals surface area (Å²) in [5.41, 5.74) is 2.13. The zero-order valence-corrected chi connectivity index (χ0v) is 20.0. The third-order valence-corrected chi connectivity index (χ3v) is 5.92. The Morgan fingerprint density at radius 3 is 2.65 bits per heavy atom. The van der Waals surface area contributed by atoms with Gasteiger partial charge in [0.15, 0.2) is 5.78 Å². The van der Waals surface area contributed by atoms with Crippen molar-refractivity contribution in [3.8, 4) is 23.0 Å². The van der Waals surface area contributed by atoms with Gasteiger partial charge in [-0.2, -0.15) is 0 Å². The number of aryl methyl sites for hydroxylation is 1. The smallest absolute Gasteiger partial charge is 0.303 e. The van der Waals surface area contributed by atoms with Crippen LogP contribution in [0.15, 0.2) is 30.3 Å². The van der Waals surface area contributed by atoms with Gasteiger partial charge in [0.25, 0.3) is 0 Å². The van der Waals surface area contributed by atoms with Gasteiger partial charge in [-0.1, -0.05) is 19.4 Å². The molecule has 3 rings (SSSR count). The van der Waals surface area contributed by atoms with Crippen LogP contribution in [0.1, 0.15) is 73.9 Å². The molecule has 0 bridgehead atoms. The Bertz CT molecular complexity index is 999. The molecule has 0 radical (unpaired) electrons. The Morgan fingerprint density at radius 1 is 1.12 bits per heavy atom. The normalized spacial score (nSPS) is 14.7. The molecule has 34 heavy (non-hydrogen) atoms. The van der Waals surface area contributed by atoms with Crippen molar-refractivity contribution in [2.45, 2.75) is 71.3 Å². The van der Waals surface area contributed by atoms with Crippen LogP contribution < -0.4 is 14.2 Å². The summed E-state index contributed by atoms with van der Waals surface area (Å²) in [4.78, 5) is 22.4. The fraction of sp³-hybridized carbons (Fsp3) is 0.481. The minimum atomic E-state index is -0.776. The fourth-order valence-corrected chi connectivity index (χ4v) is 4.14. The summed E-state index contributed by atoms with van der Waals surface area (Å²) in [5.74, 6) is 1.20. The summed E-state index contributed by atoms with van der Waals surface area (Å²) in [7, 11) is 0. The molecule has 7 heteroatoms. The minimum Gasteiger partial charge on any atom is -0.507 e. The second kappa shape index (κ2) is 12.3. The zero-order chi connectivity index (χ0) is 24.5. The molecule has 184 valence electrons. The number of aromatic hydroxyl groups is 1. The van der Waals surface area contributed by atoms with E-state index in [9.17, 15) is 14.7 Å². The number of aliphatic carboxylic acids is 1. The van der Waals surface area contributed by atoms with Crippen LogP contribution in [0.25, 0.3) is 0 Å². The van der Waals surface area contributed by atoms with Crippen LogP contribution in [0.3, 0.4) is 0 Å². The molecule has 0 spiro atoms. The van der Waals surface area contributed by atoms with Crippen LogP contribution in [0.4, 0.5) is 0 Å². The first kappa shape index (κ1) is 25.4. The standard InChI is InChI=1S/C27H34O7/c1-3-6-23-24(14-13-22(18(2)28)27(23)31)33-16-5-15-32-21-12-10-19-9-11-20(34-25(19)17-21)7-4-8-26(29)30/h10,12-14,17,20,31H,3-9,11,15-16H2,1-2H3,(H,29,30). The highest BCUT2D eigenvalue weighted by molar-refractivity contribution is 5.97. The van der Waals surface area contributed by atoms with Gasteiger partial charge in [0, 0.05) is 24.5 Å². The minimum absolute atomic E-state index is 0.0124. The number of phenols is 1. The molecule has 1 unspecified atom stereocenters. The van der Waals surface area contributed by atoms with Gasteiger partial charge in [-0.05, 0) is 62.8 Å². The SMILES string of the molecule is CCCc1c(OCCCOc2ccc3c(c2)OC(CCCC(=O)O)CC3)ccc(C(C)=O)c1O. The van der Waals surface area contributed by atoms with Crippen molar-refractivity contribution in [3.05, 3.63) is 47.0 Å². The van der Waals surface area contributed by atoms with Gasteiger partial charge >= 0.3 is 5.97 Å². The number of phenolic OH excluding ortho intramolecular Hbond substituents is 1. The molecule has 1 aliphatic rings. The van der Waals surface area contributed by atoms with E-state index in [-0.39, 0.29) is 24.1 Å². The molecule has 0 saturated heterocycles. The van der Waals surface area contributed by atoms with E-state index in [2.05, 4.69) is 0 Å². The van der Waals surface area contributed by atoms with E-state index >= 15 is 0 Å². The first-order chi connectivity index (χ1) is 16.4. The Hall–Kier alpha value is -3.22. The predicted molar refractivity (Wildman–Crippen MR) is 128 cm³/mol. The van der Waals surface area contributed by atoms with Crippen LogP contribution in [-0.4, -0.2) is 41.3 Å². The number of Topliss-reactive ketones (excluding diaryl/α,β-unsaturated/α-hetero) is 1. The van der Waals surface area contributed by atoms with E-state index in [1.54, 1.807) is 12.1 Å². The predicted octanol–water partition coefficient (Wildman–Crippen LogP) is 5.34. The molecular weight excluding hydrogens is 436 g/mol. The molecular formula is C27H34O7. The number of carbonyl (C=O) groups excluding carboxylic acids is 1. The maximum absolute atomic E-state index is 11.7. The molecule has 1 aliphatic heterocycles. The van der Waals surface area contributed by atoms with Crippen LogP contribution >= 0.6 is 0 Å². The maximum atomic E-state index is 11.7. The Labute approximate surface area is 200 Å². The largest absolute Gasteiger partial charge is 0.507 e. The highest BCUT2D eigenvalue weighted by Gasteiger charge is 2.20. The van der Waals surface area contributed by atoms with Gasteiger partial charge in [0.05, 0.1) is 24.9 Å². The Morgan fingerprint density at radius 2 is 1.91 bits per heavy atom. The van der Waals surface area contributed by atoms with Crippen molar-refractivity contribution in [2.24, 2.45) is 0 Å². The van der Waals surface area contributed by atoms with E-state index < -0.39 is 5.97 Å². The highest BCUT2D eigenvalue weighted by atomic mass is 16.5. The summed E-state index contributed by atoms with van der Waals surface area (Å²) < 4.78 is 17.8. The van der Waals surface area contributed by atoms with Gasteiger partial charge in [-0.25, -0.2) is 0 Å². The lowest BCUT2D eigenvalue weighted by Crippen LogP contribution is -2.22. The number of carbonyl (C=O) groups is 2. The summed E-state index contributed by atoms with van der Waals surface area (Å²) >= 11 is 0. The monoisotopic (exact) mass is 470 g/mol. The molecule has 0 amide bonds. The van der Waals surface area contributed by atoms with Crippen molar-refractivity contribution in [3.63, 3.8) is 0 Å². The second-order valence-corrected chi connectivity index (χ2v) is 8.63. The van der Waals surface area contributed by atoms with Gasteiger partial charge in [0.1, 0.15) is 23.0 Å². The number of ketones is 1. The van der Waals surface area contributed by atoms with E-state index in [0.717, 1.165) is 42.7 Å². The van der Waals surface area contributed by atoms with Crippen LogP contribution in [0.5, 0.6) is 23.0 Å². The number of ether oxygens (including phenoxy) is 3. The number of carboxylic acid groups (broad SMARTS) is 1. The lowest BCUT2D eigenvalue weighted by Gasteiger charge is -2.26. The average molecular weight is 471 g/mol. The molecule has 2 N–H and O–H groups in total. The van der Waals surface area contributed by atoms with Crippen molar-refractivity contribution in [2.75, 3.05) is 13.2 Å². The van der Waals surface area contributed by atoms with E-state index in [0.29, 0.717) is 49.4 Å². The van der Waals surface area contributed by atoms with E-state index in [1.807, 2.05) is 25.1 Å². The van der Waals surface area contributed by atoms with Crippen molar-refractivity contribution in [1.82, 2.24) is 0 Å². The van der Waals surface area contributed by atoms with Crippen LogP contribution in [0.2, 0.25) is 0 Å². The quantitative estimate of drug-likeness (QED) is 0.301. The maximum Gasteiger partial charge on any atom is 0.303 e. The summed E-state index contributed by atoms with van der Waals surface area (Å²) in [6.07, 6.45) is 5.47. The molecule has 2 aromatic rings. The molecule has 0 aromatic heterocycles. The van der Waals surface area contributed by atoms with Crippen molar-refractivity contribution < 1.29 is 34.0 Å². The second-order valence-electron chi connectivity index (χ2n) is 8.63. The third kappa shape index (κ3) is 6.89. The first-order valence-corrected chi connectivity index (χ1v) is 12.0. The lowest BCUT2D eigenvalue weighted by atomic mass is 9.99. The zero-order valence-electron chi connectivity index (χ0n) is 20.0. The summed E-state index contributed by atoms with van der Waals surface area (Å²) in [5, 5.41) is 19.3. The number of hydrogen-bond acceptors (Lipinski definition) is 6. The highest BCUT2D eigenvalue weighted by Crippen LogP contribution is 2.34. The van der Waals surface area contributed by atoms with E-state index in [1.165, 1.54) is 6.92 Å².